The summed E-state index contributed by atoms with van der Waals surface area (Å²) in [7, 11) is 1.54. The first kappa shape index (κ1) is 17.0. The molecule has 1 aromatic carbocycles. The van der Waals surface area contributed by atoms with Crippen LogP contribution in [0.3, 0.4) is 0 Å². The fourth-order valence-electron chi connectivity index (χ4n) is 2.75. The first-order valence-electron chi connectivity index (χ1n) is 8.35. The van der Waals surface area contributed by atoms with Gasteiger partial charge in [0.05, 0.1) is 13.7 Å². The van der Waals surface area contributed by atoms with E-state index in [2.05, 4.69) is 15.5 Å². The third-order valence-corrected chi connectivity index (χ3v) is 4.06. The minimum absolute atomic E-state index is 0.0713. The Bertz CT molecular complexity index is 678. The van der Waals surface area contributed by atoms with Crippen molar-refractivity contribution in [3.05, 3.63) is 48.0 Å². The van der Waals surface area contributed by atoms with Gasteiger partial charge < -0.3 is 19.7 Å². The Morgan fingerprint density at radius 2 is 1.96 bits per heavy atom. The number of aromatic nitrogens is 2. The van der Waals surface area contributed by atoms with Crippen LogP contribution in [0.25, 0.3) is 0 Å². The summed E-state index contributed by atoms with van der Waals surface area (Å²) in [6, 6.07) is 13.2. The second-order valence-corrected chi connectivity index (χ2v) is 5.89. The number of methoxy groups -OCH3 is 1. The lowest BCUT2D eigenvalue weighted by Gasteiger charge is -2.32. The van der Waals surface area contributed by atoms with Crippen LogP contribution in [-0.2, 0) is 6.54 Å². The summed E-state index contributed by atoms with van der Waals surface area (Å²) in [5, 5.41) is 10.8. The predicted octanol–water partition coefficient (Wildman–Crippen LogP) is 2.24. The van der Waals surface area contributed by atoms with E-state index in [0.717, 1.165) is 24.9 Å². The molecule has 0 bridgehead atoms. The molecule has 7 nitrogen and oxygen atoms in total. The number of ether oxygens (including phenoxy) is 2. The lowest BCUT2D eigenvalue weighted by Crippen LogP contribution is -2.48. The summed E-state index contributed by atoms with van der Waals surface area (Å²) in [5.41, 5.74) is 1.08. The lowest BCUT2D eigenvalue weighted by molar-refractivity contribution is 0.0967. The van der Waals surface area contributed by atoms with Crippen LogP contribution in [0.15, 0.2) is 42.5 Å². The Morgan fingerprint density at radius 1 is 1.20 bits per heavy atom. The maximum absolute atomic E-state index is 12.4. The Hall–Kier alpha value is -2.83. The molecule has 132 valence electrons. The van der Waals surface area contributed by atoms with E-state index in [1.54, 1.807) is 17.0 Å². The highest BCUT2D eigenvalue weighted by atomic mass is 16.5. The zero-order valence-corrected chi connectivity index (χ0v) is 14.2. The van der Waals surface area contributed by atoms with Crippen molar-refractivity contribution in [3.8, 4) is 11.8 Å². The van der Waals surface area contributed by atoms with E-state index in [4.69, 9.17) is 9.47 Å². The van der Waals surface area contributed by atoms with Gasteiger partial charge in [0.2, 0.25) is 11.8 Å². The zero-order chi connectivity index (χ0) is 17.5. The molecule has 2 amide bonds. The second kappa shape index (κ2) is 8.32. The molecule has 1 aromatic heterocycles. The van der Waals surface area contributed by atoms with Crippen LogP contribution in [0.1, 0.15) is 18.4 Å². The zero-order valence-electron chi connectivity index (χ0n) is 14.2. The average Bonchev–Trinajstić information content (AvgIpc) is 2.68. The number of likely N-dealkylation sites (tertiary alicyclic amines) is 1. The molecule has 7 heteroatoms. The normalized spacial score (nSPS) is 17.0. The number of carbonyl (C=O) groups excluding carboxylic acids is 1. The Labute approximate surface area is 147 Å². The van der Waals surface area contributed by atoms with Crippen LogP contribution in [0.4, 0.5) is 4.79 Å². The molecular weight excluding hydrogens is 320 g/mol. The van der Waals surface area contributed by atoms with Gasteiger partial charge in [-0.2, -0.15) is 0 Å². The molecule has 1 aliphatic rings. The Morgan fingerprint density at radius 3 is 2.68 bits per heavy atom. The lowest BCUT2D eigenvalue weighted by atomic mass is 10.1. The number of urea groups is 1. The van der Waals surface area contributed by atoms with Crippen LogP contribution in [0.2, 0.25) is 0 Å². The minimum Gasteiger partial charge on any atom is -0.480 e. The molecule has 2 aromatic rings. The SMILES string of the molecule is COc1ccc(OC2CCCN(C(=O)NCc3ccccc3)C2)nn1. The number of nitrogens with one attached hydrogen (secondary N) is 1. The van der Waals surface area contributed by atoms with E-state index in [1.165, 1.54) is 7.11 Å². The number of piperidine rings is 1. The van der Waals surface area contributed by atoms with Crippen LogP contribution >= 0.6 is 0 Å². The molecule has 3 rings (SSSR count). The van der Waals surface area contributed by atoms with Gasteiger partial charge >= 0.3 is 6.03 Å². The highest BCUT2D eigenvalue weighted by molar-refractivity contribution is 5.74. The molecule has 1 unspecified atom stereocenters. The standard InChI is InChI=1S/C18H22N4O3/c1-24-16-9-10-17(21-20-16)25-15-8-5-11-22(13-15)18(23)19-12-14-6-3-2-4-7-14/h2-4,6-7,9-10,15H,5,8,11-13H2,1H3,(H,19,23). The molecule has 1 atom stereocenters. The quantitative estimate of drug-likeness (QED) is 0.902. The summed E-state index contributed by atoms with van der Waals surface area (Å²) >= 11 is 0. The molecule has 1 fully saturated rings. The van der Waals surface area contributed by atoms with Gasteiger partial charge in [-0.05, 0) is 18.4 Å². The van der Waals surface area contributed by atoms with Crippen molar-refractivity contribution in [2.45, 2.75) is 25.5 Å². The molecule has 1 saturated heterocycles. The summed E-state index contributed by atoms with van der Waals surface area (Å²) in [6.45, 7) is 1.79. The van der Waals surface area contributed by atoms with Crippen molar-refractivity contribution in [3.63, 3.8) is 0 Å². The number of hydrogen-bond acceptors (Lipinski definition) is 5. The molecule has 0 radical (unpaired) electrons. The molecule has 1 N–H and O–H groups in total. The highest BCUT2D eigenvalue weighted by Crippen LogP contribution is 2.17. The van der Waals surface area contributed by atoms with Crippen molar-refractivity contribution in [2.75, 3.05) is 20.2 Å². The third kappa shape index (κ3) is 4.82. The maximum atomic E-state index is 12.4. The van der Waals surface area contributed by atoms with Gasteiger partial charge in [0.1, 0.15) is 6.10 Å². The van der Waals surface area contributed by atoms with E-state index >= 15 is 0 Å². The summed E-state index contributed by atoms with van der Waals surface area (Å²) in [5.74, 6) is 0.884. The number of benzene rings is 1. The molecule has 0 aliphatic carbocycles. The van der Waals surface area contributed by atoms with Crippen LogP contribution in [0.5, 0.6) is 11.8 Å². The monoisotopic (exact) mass is 342 g/mol. The van der Waals surface area contributed by atoms with Crippen LogP contribution < -0.4 is 14.8 Å². The summed E-state index contributed by atoms with van der Waals surface area (Å²) < 4.78 is 10.8. The van der Waals surface area contributed by atoms with Crippen LogP contribution in [0, 0.1) is 0 Å². The van der Waals surface area contributed by atoms with E-state index < -0.39 is 0 Å². The smallest absolute Gasteiger partial charge is 0.317 e. The van der Waals surface area contributed by atoms with Crippen molar-refractivity contribution in [1.29, 1.82) is 0 Å². The summed E-state index contributed by atoms with van der Waals surface area (Å²) in [6.07, 6.45) is 1.70. The van der Waals surface area contributed by atoms with Crippen molar-refractivity contribution < 1.29 is 14.3 Å². The van der Waals surface area contributed by atoms with Crippen molar-refractivity contribution >= 4 is 6.03 Å². The molecule has 2 heterocycles. The molecule has 1 aliphatic heterocycles. The number of amides is 2. The van der Waals surface area contributed by atoms with Gasteiger partial charge in [-0.25, -0.2) is 4.79 Å². The van der Waals surface area contributed by atoms with Gasteiger partial charge in [-0.15, -0.1) is 10.2 Å². The first-order chi connectivity index (χ1) is 12.2. The molecule has 0 saturated carbocycles. The third-order valence-electron chi connectivity index (χ3n) is 4.06. The van der Waals surface area contributed by atoms with E-state index in [0.29, 0.717) is 24.8 Å². The minimum atomic E-state index is -0.0843. The largest absolute Gasteiger partial charge is 0.480 e. The number of carbonyl (C=O) groups is 1. The van der Waals surface area contributed by atoms with E-state index in [1.807, 2.05) is 30.3 Å². The number of rotatable bonds is 5. The fraction of sp³-hybridized carbons (Fsp3) is 0.389. The van der Waals surface area contributed by atoms with Crippen molar-refractivity contribution in [2.24, 2.45) is 0 Å². The predicted molar refractivity (Wildman–Crippen MR) is 92.5 cm³/mol. The molecule has 25 heavy (non-hydrogen) atoms. The van der Waals surface area contributed by atoms with Gasteiger partial charge in [0.15, 0.2) is 0 Å². The molecular formula is C18H22N4O3. The average molecular weight is 342 g/mol. The van der Waals surface area contributed by atoms with Crippen molar-refractivity contribution in [1.82, 2.24) is 20.4 Å². The summed E-state index contributed by atoms with van der Waals surface area (Å²) in [4.78, 5) is 14.2. The van der Waals surface area contributed by atoms with Gasteiger partial charge in [-0.3, -0.25) is 0 Å². The number of hydrogen-bond donors (Lipinski definition) is 1. The van der Waals surface area contributed by atoms with Gasteiger partial charge in [0, 0.05) is 25.2 Å². The van der Waals surface area contributed by atoms with E-state index in [-0.39, 0.29) is 12.1 Å². The van der Waals surface area contributed by atoms with Crippen LogP contribution in [-0.4, -0.2) is 47.4 Å². The highest BCUT2D eigenvalue weighted by Gasteiger charge is 2.25. The van der Waals surface area contributed by atoms with E-state index in [9.17, 15) is 4.79 Å². The molecule has 0 spiro atoms. The number of nitrogens with zero attached hydrogens (tertiary/aromatic N) is 3. The Balaban J connectivity index is 1.50. The fourth-order valence-corrected chi connectivity index (χ4v) is 2.75. The second-order valence-electron chi connectivity index (χ2n) is 5.89. The maximum Gasteiger partial charge on any atom is 0.317 e. The van der Waals surface area contributed by atoms with Gasteiger partial charge in [-0.1, -0.05) is 30.3 Å². The van der Waals surface area contributed by atoms with Gasteiger partial charge in [0.25, 0.3) is 0 Å². The first-order valence-corrected chi connectivity index (χ1v) is 8.35. The Kier molecular flexibility index (Phi) is 5.66. The topological polar surface area (TPSA) is 76.6 Å².